The molecule has 0 bridgehead atoms. The van der Waals surface area contributed by atoms with Gasteiger partial charge in [0, 0.05) is 30.7 Å². The molecule has 0 saturated carbocycles. The lowest BCUT2D eigenvalue weighted by molar-refractivity contribution is 0.193. The molecular formula is C12H14BrN3O. The summed E-state index contributed by atoms with van der Waals surface area (Å²) in [6.07, 6.45) is 0. The van der Waals surface area contributed by atoms with Crippen molar-refractivity contribution in [3.05, 3.63) is 28.7 Å². The number of piperazine rings is 1. The van der Waals surface area contributed by atoms with Crippen LogP contribution in [0.25, 0.3) is 0 Å². The number of anilines is 1. The van der Waals surface area contributed by atoms with Gasteiger partial charge in [0.05, 0.1) is 11.7 Å². The van der Waals surface area contributed by atoms with Crippen LogP contribution in [0.1, 0.15) is 0 Å². The van der Waals surface area contributed by atoms with Crippen molar-refractivity contribution in [2.75, 3.05) is 31.1 Å². The Hall–Kier alpha value is -1.07. The van der Waals surface area contributed by atoms with Gasteiger partial charge in [0.15, 0.2) is 0 Å². The number of fused-ring (bicyclic) bond motifs is 1. The number of hydrogen-bond donors (Lipinski definition) is 1. The third-order valence-corrected chi connectivity index (χ3v) is 4.03. The highest BCUT2D eigenvalue weighted by Crippen LogP contribution is 2.30. The van der Waals surface area contributed by atoms with Gasteiger partial charge in [-0.2, -0.15) is 0 Å². The number of carbonyl (C=O) groups excluding carboxylic acids is 1. The second-order valence-corrected chi connectivity index (χ2v) is 5.25. The highest BCUT2D eigenvalue weighted by Gasteiger charge is 2.39. The van der Waals surface area contributed by atoms with E-state index in [1.165, 1.54) is 0 Å². The van der Waals surface area contributed by atoms with Crippen LogP contribution in [0.3, 0.4) is 0 Å². The van der Waals surface area contributed by atoms with Crippen LogP contribution in [0.5, 0.6) is 0 Å². The molecule has 4 nitrogen and oxygen atoms in total. The summed E-state index contributed by atoms with van der Waals surface area (Å²) >= 11 is 3.51. The van der Waals surface area contributed by atoms with Gasteiger partial charge in [0.1, 0.15) is 0 Å². The molecule has 5 heteroatoms. The fourth-order valence-electron chi connectivity index (χ4n) is 2.49. The maximum atomic E-state index is 12.3. The molecule has 1 atom stereocenters. The standard InChI is InChI=1S/C12H14BrN3O/c13-10-3-1-2-4-11(10)16-8-9-7-14-5-6-15(9)12(16)17/h1-4,9,14H,5-8H2. The summed E-state index contributed by atoms with van der Waals surface area (Å²) in [5, 5.41) is 3.33. The van der Waals surface area contributed by atoms with Crippen LogP contribution in [0.4, 0.5) is 10.5 Å². The van der Waals surface area contributed by atoms with Crippen LogP contribution in [0, 0.1) is 0 Å². The minimum atomic E-state index is 0.128. The largest absolute Gasteiger partial charge is 0.324 e. The summed E-state index contributed by atoms with van der Waals surface area (Å²) in [5.41, 5.74) is 0.965. The zero-order valence-corrected chi connectivity index (χ0v) is 11.0. The fraction of sp³-hybridized carbons (Fsp3) is 0.417. The summed E-state index contributed by atoms with van der Waals surface area (Å²) in [4.78, 5) is 16.1. The molecule has 90 valence electrons. The normalized spacial score (nSPS) is 24.1. The van der Waals surface area contributed by atoms with Gasteiger partial charge in [-0.15, -0.1) is 0 Å². The van der Waals surface area contributed by atoms with Gasteiger partial charge in [0.25, 0.3) is 0 Å². The van der Waals surface area contributed by atoms with Crippen molar-refractivity contribution in [2.45, 2.75) is 6.04 Å². The van der Waals surface area contributed by atoms with Crippen molar-refractivity contribution in [3.8, 4) is 0 Å². The maximum absolute atomic E-state index is 12.3. The van der Waals surface area contributed by atoms with E-state index in [4.69, 9.17) is 0 Å². The minimum Gasteiger partial charge on any atom is -0.317 e. The Bertz CT molecular complexity index is 451. The van der Waals surface area contributed by atoms with Gasteiger partial charge in [-0.25, -0.2) is 4.79 Å². The zero-order chi connectivity index (χ0) is 11.8. The Balaban J connectivity index is 1.90. The van der Waals surface area contributed by atoms with Crippen LogP contribution in [0.15, 0.2) is 28.7 Å². The lowest BCUT2D eigenvalue weighted by atomic mass is 10.2. The van der Waals surface area contributed by atoms with E-state index in [0.717, 1.165) is 36.3 Å². The molecule has 1 unspecified atom stereocenters. The smallest absolute Gasteiger partial charge is 0.317 e. The first-order chi connectivity index (χ1) is 8.27. The van der Waals surface area contributed by atoms with Crippen molar-refractivity contribution >= 4 is 27.6 Å². The van der Waals surface area contributed by atoms with Crippen LogP contribution in [-0.4, -0.2) is 43.2 Å². The van der Waals surface area contributed by atoms with Crippen LogP contribution in [0.2, 0.25) is 0 Å². The molecule has 2 aliphatic heterocycles. The zero-order valence-electron chi connectivity index (χ0n) is 9.40. The highest BCUT2D eigenvalue weighted by atomic mass is 79.9. The first-order valence-corrected chi connectivity index (χ1v) is 6.60. The third kappa shape index (κ3) is 1.83. The second-order valence-electron chi connectivity index (χ2n) is 4.40. The number of halogens is 1. The molecule has 17 heavy (non-hydrogen) atoms. The van der Waals surface area contributed by atoms with Crippen molar-refractivity contribution < 1.29 is 4.79 Å². The summed E-state index contributed by atoms with van der Waals surface area (Å²) in [7, 11) is 0. The number of rotatable bonds is 1. The van der Waals surface area contributed by atoms with Gasteiger partial charge in [-0.3, -0.25) is 4.90 Å². The van der Waals surface area contributed by atoms with E-state index in [2.05, 4.69) is 21.2 Å². The average molecular weight is 296 g/mol. The number of nitrogens with zero attached hydrogens (tertiary/aromatic N) is 2. The lowest BCUT2D eigenvalue weighted by Crippen LogP contribution is -2.49. The van der Waals surface area contributed by atoms with Gasteiger partial charge >= 0.3 is 6.03 Å². The maximum Gasteiger partial charge on any atom is 0.324 e. The van der Waals surface area contributed by atoms with Crippen LogP contribution in [-0.2, 0) is 0 Å². The van der Waals surface area contributed by atoms with Crippen molar-refractivity contribution in [3.63, 3.8) is 0 Å². The van der Waals surface area contributed by atoms with Crippen molar-refractivity contribution in [1.29, 1.82) is 0 Å². The van der Waals surface area contributed by atoms with E-state index in [9.17, 15) is 4.79 Å². The molecule has 0 spiro atoms. The molecule has 2 saturated heterocycles. The quantitative estimate of drug-likeness (QED) is 0.855. The Morgan fingerprint density at radius 3 is 2.94 bits per heavy atom. The molecule has 2 amide bonds. The van der Waals surface area contributed by atoms with Gasteiger partial charge in [0.2, 0.25) is 0 Å². The molecule has 2 fully saturated rings. The van der Waals surface area contributed by atoms with Gasteiger partial charge in [-0.1, -0.05) is 12.1 Å². The Morgan fingerprint density at radius 2 is 2.18 bits per heavy atom. The molecule has 0 aromatic heterocycles. The van der Waals surface area contributed by atoms with Gasteiger partial charge in [-0.05, 0) is 28.1 Å². The summed E-state index contributed by atoms with van der Waals surface area (Å²) in [5.74, 6) is 0. The predicted molar refractivity (Wildman–Crippen MR) is 70.2 cm³/mol. The number of hydrogen-bond acceptors (Lipinski definition) is 2. The summed E-state index contributed by atoms with van der Waals surface area (Å²) < 4.78 is 0.973. The summed E-state index contributed by atoms with van der Waals surface area (Å²) in [6, 6.07) is 8.31. The van der Waals surface area contributed by atoms with E-state index in [1.807, 2.05) is 34.1 Å². The third-order valence-electron chi connectivity index (χ3n) is 3.36. The molecule has 3 rings (SSSR count). The van der Waals surface area contributed by atoms with Gasteiger partial charge < -0.3 is 10.2 Å². The predicted octanol–water partition coefficient (Wildman–Crippen LogP) is 1.66. The number of carbonyl (C=O) groups is 1. The molecule has 1 aromatic rings. The Morgan fingerprint density at radius 1 is 1.35 bits per heavy atom. The molecule has 2 heterocycles. The first-order valence-electron chi connectivity index (χ1n) is 5.81. The highest BCUT2D eigenvalue weighted by molar-refractivity contribution is 9.10. The summed E-state index contributed by atoms with van der Waals surface area (Å²) in [6.45, 7) is 3.37. The second kappa shape index (κ2) is 4.31. The Kier molecular flexibility index (Phi) is 2.80. The van der Waals surface area contributed by atoms with E-state index in [1.54, 1.807) is 0 Å². The number of urea groups is 1. The van der Waals surface area contributed by atoms with Crippen molar-refractivity contribution in [1.82, 2.24) is 10.2 Å². The number of benzene rings is 1. The average Bonchev–Trinajstić information content (AvgIpc) is 2.68. The SMILES string of the molecule is O=C1N(c2ccccc2Br)CC2CNCCN12. The van der Waals surface area contributed by atoms with E-state index < -0.39 is 0 Å². The minimum absolute atomic E-state index is 0.128. The van der Waals surface area contributed by atoms with Crippen molar-refractivity contribution in [2.24, 2.45) is 0 Å². The lowest BCUT2D eigenvalue weighted by Gasteiger charge is -2.28. The van der Waals surface area contributed by atoms with E-state index in [0.29, 0.717) is 6.04 Å². The fourth-order valence-corrected chi connectivity index (χ4v) is 2.99. The molecule has 2 aliphatic rings. The Labute approximate surface area is 109 Å². The first kappa shape index (κ1) is 11.0. The number of nitrogens with one attached hydrogen (secondary N) is 1. The van der Waals surface area contributed by atoms with Crippen LogP contribution < -0.4 is 10.2 Å². The van der Waals surface area contributed by atoms with E-state index in [-0.39, 0.29) is 6.03 Å². The van der Waals surface area contributed by atoms with E-state index >= 15 is 0 Å². The molecular weight excluding hydrogens is 282 g/mol. The monoisotopic (exact) mass is 295 g/mol. The molecule has 1 N–H and O–H groups in total. The molecule has 0 radical (unpaired) electrons. The molecule has 1 aromatic carbocycles. The van der Waals surface area contributed by atoms with Crippen LogP contribution >= 0.6 is 15.9 Å². The molecule has 0 aliphatic carbocycles. The topological polar surface area (TPSA) is 35.6 Å². The number of amides is 2. The number of para-hydroxylation sites is 1.